The molecule has 0 heterocycles. The van der Waals surface area contributed by atoms with Gasteiger partial charge in [0.15, 0.2) is 18.2 Å². The molecule has 0 radical (unpaired) electrons. The van der Waals surface area contributed by atoms with Gasteiger partial charge in [-0.15, -0.1) is 0 Å². The minimum absolute atomic E-state index is 0.0430. The van der Waals surface area contributed by atoms with Crippen molar-refractivity contribution in [3.8, 4) is 17.6 Å². The molecule has 1 aromatic carbocycles. The molecule has 17 heavy (non-hydrogen) atoms. The molecule has 1 aromatic rings. The molecule has 0 saturated carbocycles. The van der Waals surface area contributed by atoms with Crippen molar-refractivity contribution in [2.24, 2.45) is 5.73 Å². The number of hydrogen-bond donors (Lipinski definition) is 2. The molecular formula is C11H11FN2O3. The van der Waals surface area contributed by atoms with E-state index in [9.17, 15) is 9.18 Å². The number of nitrogen functional groups attached to an aromatic ring is 1. The maximum Gasteiger partial charge on any atom is 0.405 e. The summed E-state index contributed by atoms with van der Waals surface area (Å²) in [5, 5.41) is 0. The molecule has 0 aliphatic heterocycles. The molecule has 5 nitrogen and oxygen atoms in total. The van der Waals surface area contributed by atoms with E-state index in [1.807, 2.05) is 0 Å². The first-order valence-corrected chi connectivity index (χ1v) is 4.58. The van der Waals surface area contributed by atoms with Gasteiger partial charge in [-0.1, -0.05) is 11.8 Å². The first-order valence-electron chi connectivity index (χ1n) is 4.58. The van der Waals surface area contributed by atoms with Crippen molar-refractivity contribution < 1.29 is 18.7 Å². The van der Waals surface area contributed by atoms with Crippen molar-refractivity contribution in [3.63, 3.8) is 0 Å². The topological polar surface area (TPSA) is 87.6 Å². The first-order chi connectivity index (χ1) is 8.04. The highest BCUT2D eigenvalue weighted by molar-refractivity contribution is 5.65. The molecule has 6 heteroatoms. The van der Waals surface area contributed by atoms with E-state index in [2.05, 4.69) is 16.6 Å². The number of benzene rings is 1. The Bertz CT molecular complexity index is 491. The summed E-state index contributed by atoms with van der Waals surface area (Å²) in [5.74, 6) is 4.51. The molecule has 0 unspecified atom stereocenters. The summed E-state index contributed by atoms with van der Waals surface area (Å²) < 4.78 is 22.4. The van der Waals surface area contributed by atoms with Crippen molar-refractivity contribution >= 4 is 11.8 Å². The van der Waals surface area contributed by atoms with Crippen LogP contribution in [0.15, 0.2) is 12.1 Å². The fourth-order valence-corrected chi connectivity index (χ4v) is 1.07. The molecule has 0 bridgehead atoms. The zero-order valence-electron chi connectivity index (χ0n) is 9.12. The number of primary amides is 1. The van der Waals surface area contributed by atoms with Gasteiger partial charge in [-0.3, -0.25) is 0 Å². The summed E-state index contributed by atoms with van der Waals surface area (Å²) in [6.07, 6.45) is -0.923. The second kappa shape index (κ2) is 5.61. The molecule has 0 aliphatic carbocycles. The number of anilines is 1. The maximum atomic E-state index is 13.3. The molecule has 1 rings (SSSR count). The highest BCUT2D eigenvalue weighted by atomic mass is 19.1. The minimum atomic E-state index is -0.923. The average Bonchev–Trinajstić information content (AvgIpc) is 2.28. The quantitative estimate of drug-likeness (QED) is 0.591. The van der Waals surface area contributed by atoms with Crippen LogP contribution in [0.2, 0.25) is 0 Å². The molecule has 1 amide bonds. The molecule has 0 fully saturated rings. The van der Waals surface area contributed by atoms with Crippen LogP contribution < -0.4 is 16.2 Å². The van der Waals surface area contributed by atoms with Crippen LogP contribution in [0, 0.1) is 17.7 Å². The second-order valence-electron chi connectivity index (χ2n) is 2.98. The number of rotatable bonds is 2. The number of nitrogens with two attached hydrogens (primary N) is 2. The lowest BCUT2D eigenvalue weighted by atomic mass is 10.1. The third-order valence-corrected chi connectivity index (χ3v) is 1.83. The van der Waals surface area contributed by atoms with E-state index in [1.54, 1.807) is 0 Å². The Morgan fingerprint density at radius 3 is 2.82 bits per heavy atom. The van der Waals surface area contributed by atoms with Crippen LogP contribution in [0.3, 0.4) is 0 Å². The molecule has 0 aliphatic rings. The minimum Gasteiger partial charge on any atom is -0.494 e. The molecule has 0 spiro atoms. The van der Waals surface area contributed by atoms with E-state index in [0.29, 0.717) is 0 Å². The summed E-state index contributed by atoms with van der Waals surface area (Å²) in [7, 11) is 1.34. The van der Waals surface area contributed by atoms with Gasteiger partial charge in [0, 0.05) is 6.07 Å². The third-order valence-electron chi connectivity index (χ3n) is 1.83. The van der Waals surface area contributed by atoms with E-state index in [-0.39, 0.29) is 23.6 Å². The zero-order chi connectivity index (χ0) is 12.8. The monoisotopic (exact) mass is 238 g/mol. The number of ether oxygens (including phenoxy) is 2. The fraction of sp³-hybridized carbons (Fsp3) is 0.182. The predicted octanol–water partition coefficient (Wildman–Crippen LogP) is 0.863. The smallest absolute Gasteiger partial charge is 0.405 e. The van der Waals surface area contributed by atoms with E-state index >= 15 is 0 Å². The molecule has 90 valence electrons. The molecule has 0 saturated heterocycles. The van der Waals surface area contributed by atoms with Gasteiger partial charge in [0.25, 0.3) is 0 Å². The zero-order valence-corrected chi connectivity index (χ0v) is 9.12. The predicted molar refractivity (Wildman–Crippen MR) is 59.8 cm³/mol. The Morgan fingerprint density at radius 1 is 1.53 bits per heavy atom. The Morgan fingerprint density at radius 2 is 2.24 bits per heavy atom. The van der Waals surface area contributed by atoms with Crippen molar-refractivity contribution in [1.82, 2.24) is 0 Å². The normalized spacial score (nSPS) is 9.06. The summed E-state index contributed by atoms with van der Waals surface area (Å²) >= 11 is 0. The van der Waals surface area contributed by atoms with Crippen molar-refractivity contribution in [2.75, 3.05) is 19.5 Å². The Labute approximate surface area is 97.5 Å². The van der Waals surface area contributed by atoms with Gasteiger partial charge in [0.1, 0.15) is 0 Å². The Kier molecular flexibility index (Phi) is 4.17. The number of methoxy groups -OCH3 is 1. The lowest BCUT2D eigenvalue weighted by Crippen LogP contribution is -2.12. The maximum absolute atomic E-state index is 13.3. The van der Waals surface area contributed by atoms with Crippen LogP contribution in [0.25, 0.3) is 0 Å². The van der Waals surface area contributed by atoms with Crippen LogP contribution >= 0.6 is 0 Å². The average molecular weight is 238 g/mol. The molecular weight excluding hydrogens is 227 g/mol. The lowest BCUT2D eigenvalue weighted by molar-refractivity contribution is 0.171. The van der Waals surface area contributed by atoms with Crippen LogP contribution in [0.5, 0.6) is 5.75 Å². The molecule has 0 atom stereocenters. The van der Waals surface area contributed by atoms with Crippen molar-refractivity contribution in [1.29, 1.82) is 0 Å². The third kappa shape index (κ3) is 3.57. The van der Waals surface area contributed by atoms with E-state index < -0.39 is 11.9 Å². The second-order valence-corrected chi connectivity index (χ2v) is 2.98. The number of amides is 1. The highest BCUT2D eigenvalue weighted by Crippen LogP contribution is 2.23. The first kappa shape index (κ1) is 12.6. The SMILES string of the molecule is COc1cc(N)c(C#CCOC(N)=O)cc1F. The largest absolute Gasteiger partial charge is 0.494 e. The van der Waals surface area contributed by atoms with Crippen LogP contribution in [0.1, 0.15) is 5.56 Å². The van der Waals surface area contributed by atoms with Gasteiger partial charge < -0.3 is 20.9 Å². The Hall–Kier alpha value is -2.42. The highest BCUT2D eigenvalue weighted by Gasteiger charge is 2.06. The lowest BCUT2D eigenvalue weighted by Gasteiger charge is -2.04. The summed E-state index contributed by atoms with van der Waals surface area (Å²) in [5.41, 5.74) is 10.9. The van der Waals surface area contributed by atoms with E-state index in [1.165, 1.54) is 13.2 Å². The summed E-state index contributed by atoms with van der Waals surface area (Å²) in [4.78, 5) is 10.2. The summed E-state index contributed by atoms with van der Waals surface area (Å²) in [6.45, 7) is -0.178. The van der Waals surface area contributed by atoms with Crippen LogP contribution in [-0.4, -0.2) is 19.8 Å². The van der Waals surface area contributed by atoms with E-state index in [4.69, 9.17) is 16.2 Å². The number of carbonyl (C=O) groups excluding carboxylic acids is 1. The van der Waals surface area contributed by atoms with Crippen LogP contribution in [-0.2, 0) is 4.74 Å². The number of carbonyl (C=O) groups is 1. The number of hydrogen-bond acceptors (Lipinski definition) is 4. The standard InChI is InChI=1S/C11H11FN2O3/c1-16-10-6-9(13)7(5-8(10)12)3-2-4-17-11(14)15/h5-6H,4,13H2,1H3,(H2,14,15). The molecule has 0 aromatic heterocycles. The van der Waals surface area contributed by atoms with Gasteiger partial charge >= 0.3 is 6.09 Å². The summed E-state index contributed by atoms with van der Waals surface area (Å²) in [6, 6.07) is 2.47. The van der Waals surface area contributed by atoms with Gasteiger partial charge in [-0.25, -0.2) is 9.18 Å². The van der Waals surface area contributed by atoms with Gasteiger partial charge in [-0.2, -0.15) is 0 Å². The van der Waals surface area contributed by atoms with Crippen LogP contribution in [0.4, 0.5) is 14.9 Å². The van der Waals surface area contributed by atoms with E-state index in [0.717, 1.165) is 6.07 Å². The molecule has 4 N–H and O–H groups in total. The van der Waals surface area contributed by atoms with Crippen molar-refractivity contribution in [3.05, 3.63) is 23.5 Å². The van der Waals surface area contributed by atoms with Gasteiger partial charge in [0.2, 0.25) is 0 Å². The van der Waals surface area contributed by atoms with Gasteiger partial charge in [0.05, 0.1) is 18.4 Å². The van der Waals surface area contributed by atoms with Crippen molar-refractivity contribution in [2.45, 2.75) is 0 Å². The van der Waals surface area contributed by atoms with Gasteiger partial charge in [-0.05, 0) is 6.07 Å². The number of halogens is 1. The Balaban J connectivity index is 2.84. The fourth-order valence-electron chi connectivity index (χ4n) is 1.07.